The second-order valence-corrected chi connectivity index (χ2v) is 10.2. The predicted molar refractivity (Wildman–Crippen MR) is 128 cm³/mol. The molecule has 1 aliphatic rings. The lowest BCUT2D eigenvalue weighted by molar-refractivity contribution is -0.115. The van der Waals surface area contributed by atoms with Crippen LogP contribution >= 0.6 is 11.6 Å². The number of anilines is 1. The Morgan fingerprint density at radius 3 is 2.48 bits per heavy atom. The number of benzene rings is 2. The van der Waals surface area contributed by atoms with E-state index in [0.29, 0.717) is 18.8 Å². The summed E-state index contributed by atoms with van der Waals surface area (Å²) in [7, 11) is -3.63. The van der Waals surface area contributed by atoms with Gasteiger partial charge in [0.2, 0.25) is 15.9 Å². The minimum Gasteiger partial charge on any atom is -0.467 e. The normalized spacial score (nSPS) is 15.8. The number of amides is 1. The van der Waals surface area contributed by atoms with Crippen LogP contribution in [0.25, 0.3) is 0 Å². The molecule has 7 nitrogen and oxygen atoms in total. The van der Waals surface area contributed by atoms with Crippen LogP contribution in [-0.4, -0.2) is 38.3 Å². The molecule has 0 bridgehead atoms. The van der Waals surface area contributed by atoms with Gasteiger partial charge in [-0.25, -0.2) is 8.42 Å². The van der Waals surface area contributed by atoms with Gasteiger partial charge in [-0.05, 0) is 48.7 Å². The molecule has 174 valence electrons. The molecule has 0 saturated carbocycles. The summed E-state index contributed by atoms with van der Waals surface area (Å²) in [5, 5.41) is 6.20. The molecular formula is C24H26ClN3O4S. The predicted octanol–water partition coefficient (Wildman–Crippen LogP) is 4.43. The molecule has 0 radical (unpaired) electrons. The lowest BCUT2D eigenvalue weighted by Crippen LogP contribution is -2.35. The van der Waals surface area contributed by atoms with E-state index in [1.807, 2.05) is 36.4 Å². The van der Waals surface area contributed by atoms with Crippen LogP contribution in [-0.2, 0) is 14.8 Å². The Bertz CT molecular complexity index is 1180. The van der Waals surface area contributed by atoms with Crippen molar-refractivity contribution in [2.24, 2.45) is 0 Å². The van der Waals surface area contributed by atoms with Gasteiger partial charge in [0.05, 0.1) is 34.5 Å². The third-order valence-corrected chi connectivity index (χ3v) is 7.82. The van der Waals surface area contributed by atoms with E-state index in [0.717, 1.165) is 24.8 Å². The maximum Gasteiger partial charge on any atom is 0.243 e. The van der Waals surface area contributed by atoms with Gasteiger partial charge in [0, 0.05) is 13.1 Å². The Morgan fingerprint density at radius 2 is 1.79 bits per heavy atom. The van der Waals surface area contributed by atoms with Crippen LogP contribution in [0, 0.1) is 0 Å². The van der Waals surface area contributed by atoms with Gasteiger partial charge in [0.15, 0.2) is 0 Å². The average Bonchev–Trinajstić information content (AvgIpc) is 3.36. The Labute approximate surface area is 198 Å². The zero-order valence-electron chi connectivity index (χ0n) is 18.0. The summed E-state index contributed by atoms with van der Waals surface area (Å²) in [6.45, 7) is 0.980. The van der Waals surface area contributed by atoms with Crippen LogP contribution in [0.3, 0.4) is 0 Å². The van der Waals surface area contributed by atoms with Gasteiger partial charge in [-0.3, -0.25) is 10.1 Å². The summed E-state index contributed by atoms with van der Waals surface area (Å²) in [6.07, 6.45) is 4.31. The molecule has 3 aromatic rings. The summed E-state index contributed by atoms with van der Waals surface area (Å²) < 4.78 is 33.0. The second kappa shape index (κ2) is 10.5. The highest BCUT2D eigenvalue weighted by Gasteiger charge is 2.27. The molecule has 2 aromatic carbocycles. The number of furan rings is 1. The molecule has 4 rings (SSSR count). The van der Waals surface area contributed by atoms with E-state index >= 15 is 0 Å². The van der Waals surface area contributed by atoms with Crippen molar-refractivity contribution in [3.05, 3.63) is 83.3 Å². The molecule has 1 amide bonds. The van der Waals surface area contributed by atoms with Crippen molar-refractivity contribution in [2.45, 2.75) is 30.2 Å². The van der Waals surface area contributed by atoms with Crippen molar-refractivity contribution in [3.63, 3.8) is 0 Å². The SMILES string of the molecule is O=C(CN[C@H](c1ccccc1)c1ccco1)Nc1cc(S(=O)(=O)N2CCCCC2)ccc1Cl. The number of nitrogens with one attached hydrogen (secondary N) is 2. The Balaban J connectivity index is 1.46. The third kappa shape index (κ3) is 5.65. The topological polar surface area (TPSA) is 91.6 Å². The summed E-state index contributed by atoms with van der Waals surface area (Å²) in [6, 6.07) is 17.4. The largest absolute Gasteiger partial charge is 0.467 e. The zero-order chi connectivity index (χ0) is 23.3. The van der Waals surface area contributed by atoms with Crippen LogP contribution < -0.4 is 10.6 Å². The van der Waals surface area contributed by atoms with Gasteiger partial charge in [0.1, 0.15) is 5.76 Å². The summed E-state index contributed by atoms with van der Waals surface area (Å²) >= 11 is 6.26. The minimum atomic E-state index is -3.63. The van der Waals surface area contributed by atoms with E-state index in [1.165, 1.54) is 22.5 Å². The van der Waals surface area contributed by atoms with Crippen molar-refractivity contribution < 1.29 is 17.6 Å². The number of carbonyl (C=O) groups is 1. The standard InChI is InChI=1S/C24H26ClN3O4S/c25-20-12-11-19(33(30,31)28-13-5-2-6-14-28)16-21(20)27-23(29)17-26-24(22-10-7-15-32-22)18-8-3-1-4-9-18/h1,3-4,7-12,15-16,24,26H,2,5-6,13-14,17H2,(H,27,29)/t24-/m1/s1. The average molecular weight is 488 g/mol. The molecule has 9 heteroatoms. The number of carbonyl (C=O) groups excluding carboxylic acids is 1. The van der Waals surface area contributed by atoms with Crippen molar-refractivity contribution in [1.82, 2.24) is 9.62 Å². The quantitative estimate of drug-likeness (QED) is 0.490. The van der Waals surface area contributed by atoms with E-state index in [-0.39, 0.29) is 34.1 Å². The van der Waals surface area contributed by atoms with E-state index in [1.54, 1.807) is 12.3 Å². The number of piperidine rings is 1. The molecule has 0 spiro atoms. The van der Waals surface area contributed by atoms with Crippen LogP contribution in [0.5, 0.6) is 0 Å². The lowest BCUT2D eigenvalue weighted by atomic mass is 10.0. The van der Waals surface area contributed by atoms with E-state index < -0.39 is 10.0 Å². The van der Waals surface area contributed by atoms with Crippen molar-refractivity contribution in [1.29, 1.82) is 0 Å². The number of hydrogen-bond acceptors (Lipinski definition) is 5. The Hall–Kier alpha value is -2.65. The van der Waals surface area contributed by atoms with E-state index in [9.17, 15) is 13.2 Å². The van der Waals surface area contributed by atoms with Crippen molar-refractivity contribution in [2.75, 3.05) is 25.0 Å². The first-order valence-corrected chi connectivity index (χ1v) is 12.7. The smallest absolute Gasteiger partial charge is 0.243 e. The highest BCUT2D eigenvalue weighted by molar-refractivity contribution is 7.89. The molecule has 1 aliphatic heterocycles. The maximum absolute atomic E-state index is 13.0. The van der Waals surface area contributed by atoms with Gasteiger partial charge in [-0.15, -0.1) is 0 Å². The number of rotatable bonds is 8. The Kier molecular flexibility index (Phi) is 7.49. The highest BCUT2D eigenvalue weighted by Crippen LogP contribution is 2.28. The number of hydrogen-bond donors (Lipinski definition) is 2. The molecule has 0 unspecified atom stereocenters. The Morgan fingerprint density at radius 1 is 1.03 bits per heavy atom. The van der Waals surface area contributed by atoms with Crippen molar-refractivity contribution in [3.8, 4) is 0 Å². The van der Waals surface area contributed by atoms with Crippen molar-refractivity contribution >= 4 is 33.2 Å². The van der Waals surface area contributed by atoms with Crippen LogP contribution in [0.4, 0.5) is 5.69 Å². The van der Waals surface area contributed by atoms with Gasteiger partial charge < -0.3 is 9.73 Å². The number of halogens is 1. The summed E-state index contributed by atoms with van der Waals surface area (Å²) in [5.41, 5.74) is 1.21. The van der Waals surface area contributed by atoms with Gasteiger partial charge in [-0.2, -0.15) is 4.31 Å². The van der Waals surface area contributed by atoms with Crippen LogP contribution in [0.2, 0.25) is 5.02 Å². The molecule has 2 heterocycles. The van der Waals surface area contributed by atoms with Gasteiger partial charge >= 0.3 is 0 Å². The molecular weight excluding hydrogens is 462 g/mol. The van der Waals surface area contributed by atoms with Gasteiger partial charge in [0.25, 0.3) is 0 Å². The maximum atomic E-state index is 13.0. The van der Waals surface area contributed by atoms with Crippen LogP contribution in [0.15, 0.2) is 76.2 Å². The first kappa shape index (κ1) is 23.5. The first-order valence-electron chi connectivity index (χ1n) is 10.9. The molecule has 2 N–H and O–H groups in total. The first-order chi connectivity index (χ1) is 15.9. The zero-order valence-corrected chi connectivity index (χ0v) is 19.6. The fraction of sp³-hybridized carbons (Fsp3) is 0.292. The van der Waals surface area contributed by atoms with E-state index in [2.05, 4.69) is 10.6 Å². The van der Waals surface area contributed by atoms with E-state index in [4.69, 9.17) is 16.0 Å². The summed E-state index contributed by atoms with van der Waals surface area (Å²) in [4.78, 5) is 12.8. The van der Waals surface area contributed by atoms with Crippen LogP contribution in [0.1, 0.15) is 36.6 Å². The highest BCUT2D eigenvalue weighted by atomic mass is 35.5. The number of nitrogens with zero attached hydrogens (tertiary/aromatic N) is 1. The molecule has 33 heavy (non-hydrogen) atoms. The fourth-order valence-corrected chi connectivity index (χ4v) is 5.60. The third-order valence-electron chi connectivity index (χ3n) is 5.59. The fourth-order valence-electron chi connectivity index (χ4n) is 3.89. The lowest BCUT2D eigenvalue weighted by Gasteiger charge is -2.26. The second-order valence-electron chi connectivity index (χ2n) is 7.89. The molecule has 1 saturated heterocycles. The number of sulfonamides is 1. The molecule has 1 atom stereocenters. The van der Waals surface area contributed by atoms with Gasteiger partial charge in [-0.1, -0.05) is 48.4 Å². The summed E-state index contributed by atoms with van der Waals surface area (Å²) in [5.74, 6) is 0.332. The minimum absolute atomic E-state index is 0.0281. The molecule has 1 aromatic heterocycles. The molecule has 0 aliphatic carbocycles. The monoisotopic (exact) mass is 487 g/mol. The molecule has 1 fully saturated rings.